The SMILES string of the molecule is CN(CC1CC2CCC1C2)C(=O)c1cc(Cl)ccc1N. The number of anilines is 1. The van der Waals surface area contributed by atoms with Gasteiger partial charge in [-0.05, 0) is 55.2 Å². The highest BCUT2D eigenvalue weighted by Crippen LogP contribution is 2.48. The second kappa shape index (κ2) is 5.28. The van der Waals surface area contributed by atoms with Crippen LogP contribution in [-0.2, 0) is 0 Å². The molecule has 2 fully saturated rings. The lowest BCUT2D eigenvalue weighted by Crippen LogP contribution is -2.34. The van der Waals surface area contributed by atoms with Gasteiger partial charge in [0.1, 0.15) is 0 Å². The average molecular weight is 293 g/mol. The molecule has 108 valence electrons. The zero-order chi connectivity index (χ0) is 14.3. The summed E-state index contributed by atoms with van der Waals surface area (Å²) in [5, 5.41) is 0.552. The fraction of sp³-hybridized carbons (Fsp3) is 0.562. The topological polar surface area (TPSA) is 46.3 Å². The van der Waals surface area contributed by atoms with E-state index in [1.165, 1.54) is 25.7 Å². The van der Waals surface area contributed by atoms with E-state index in [0.29, 0.717) is 22.2 Å². The Labute approximate surface area is 125 Å². The van der Waals surface area contributed by atoms with Gasteiger partial charge in [0.2, 0.25) is 0 Å². The highest BCUT2D eigenvalue weighted by Gasteiger charge is 2.40. The average Bonchev–Trinajstić information content (AvgIpc) is 3.03. The Kier molecular flexibility index (Phi) is 3.63. The number of fused-ring (bicyclic) bond motifs is 2. The maximum Gasteiger partial charge on any atom is 0.255 e. The van der Waals surface area contributed by atoms with E-state index in [1.54, 1.807) is 18.2 Å². The molecule has 2 N–H and O–H groups in total. The minimum absolute atomic E-state index is 0.0206. The summed E-state index contributed by atoms with van der Waals surface area (Å²) in [5.41, 5.74) is 6.91. The number of carbonyl (C=O) groups is 1. The van der Waals surface area contributed by atoms with Crippen molar-refractivity contribution in [2.24, 2.45) is 17.8 Å². The van der Waals surface area contributed by atoms with Crippen LogP contribution in [0.4, 0.5) is 5.69 Å². The van der Waals surface area contributed by atoms with E-state index in [-0.39, 0.29) is 5.91 Å². The molecule has 3 unspecified atom stereocenters. The second-order valence-electron chi connectivity index (χ2n) is 6.35. The molecule has 1 aromatic carbocycles. The highest BCUT2D eigenvalue weighted by atomic mass is 35.5. The van der Waals surface area contributed by atoms with Gasteiger partial charge in [-0.2, -0.15) is 0 Å². The van der Waals surface area contributed by atoms with Gasteiger partial charge in [-0.3, -0.25) is 4.79 Å². The Morgan fingerprint density at radius 1 is 1.40 bits per heavy atom. The molecule has 3 rings (SSSR count). The second-order valence-corrected chi connectivity index (χ2v) is 6.79. The van der Waals surface area contributed by atoms with Gasteiger partial charge in [-0.25, -0.2) is 0 Å². The lowest BCUT2D eigenvalue weighted by molar-refractivity contribution is 0.0755. The molecule has 1 aromatic rings. The minimum Gasteiger partial charge on any atom is -0.398 e. The van der Waals surface area contributed by atoms with Gasteiger partial charge in [0.25, 0.3) is 5.91 Å². The zero-order valence-electron chi connectivity index (χ0n) is 11.8. The molecule has 0 saturated heterocycles. The van der Waals surface area contributed by atoms with Gasteiger partial charge in [0.15, 0.2) is 0 Å². The Bertz CT molecular complexity index is 531. The molecule has 2 aliphatic rings. The molecule has 20 heavy (non-hydrogen) atoms. The fourth-order valence-corrected chi connectivity index (χ4v) is 4.13. The molecule has 0 aromatic heterocycles. The van der Waals surface area contributed by atoms with Crippen molar-refractivity contribution >= 4 is 23.2 Å². The molecule has 0 heterocycles. The van der Waals surface area contributed by atoms with E-state index in [0.717, 1.165) is 18.4 Å². The van der Waals surface area contributed by atoms with Crippen LogP contribution in [-0.4, -0.2) is 24.4 Å². The Morgan fingerprint density at radius 2 is 2.20 bits per heavy atom. The molecule has 1 amide bonds. The van der Waals surface area contributed by atoms with Crippen molar-refractivity contribution in [3.8, 4) is 0 Å². The lowest BCUT2D eigenvalue weighted by Gasteiger charge is -2.27. The third-order valence-corrected chi connectivity index (χ3v) is 5.22. The van der Waals surface area contributed by atoms with E-state index in [9.17, 15) is 4.79 Å². The molecule has 4 heteroatoms. The van der Waals surface area contributed by atoms with Crippen molar-refractivity contribution in [1.29, 1.82) is 0 Å². The molecular formula is C16H21ClN2O. The number of benzene rings is 1. The Balaban J connectivity index is 1.69. The van der Waals surface area contributed by atoms with Crippen molar-refractivity contribution in [2.75, 3.05) is 19.3 Å². The summed E-state index contributed by atoms with van der Waals surface area (Å²) >= 11 is 5.96. The number of nitrogen functional groups attached to an aromatic ring is 1. The first-order valence-electron chi connectivity index (χ1n) is 7.35. The molecule has 0 radical (unpaired) electrons. The summed E-state index contributed by atoms with van der Waals surface area (Å²) in [5.74, 6) is 2.38. The molecule has 3 nitrogen and oxygen atoms in total. The van der Waals surface area contributed by atoms with E-state index < -0.39 is 0 Å². The maximum absolute atomic E-state index is 12.5. The third kappa shape index (κ3) is 2.51. The third-order valence-electron chi connectivity index (χ3n) is 4.99. The molecule has 0 aliphatic heterocycles. The van der Waals surface area contributed by atoms with Crippen LogP contribution in [0.1, 0.15) is 36.0 Å². The standard InChI is InChI=1S/C16H21ClN2O/c1-19(9-12-7-10-2-3-11(12)6-10)16(20)14-8-13(17)4-5-15(14)18/h4-5,8,10-12H,2-3,6-7,9,18H2,1H3. The molecular weight excluding hydrogens is 272 g/mol. The Hall–Kier alpha value is -1.22. The summed E-state index contributed by atoms with van der Waals surface area (Å²) < 4.78 is 0. The zero-order valence-corrected chi connectivity index (χ0v) is 12.6. The first-order chi connectivity index (χ1) is 9.54. The number of nitrogens with zero attached hydrogens (tertiary/aromatic N) is 1. The van der Waals surface area contributed by atoms with Gasteiger partial charge in [-0.15, -0.1) is 0 Å². The molecule has 2 aliphatic carbocycles. The summed E-state index contributed by atoms with van der Waals surface area (Å²) in [7, 11) is 1.87. The predicted octanol–water partition coefficient (Wildman–Crippen LogP) is 3.43. The van der Waals surface area contributed by atoms with Crippen LogP contribution in [0.25, 0.3) is 0 Å². The van der Waals surface area contributed by atoms with Crippen LogP contribution in [0.2, 0.25) is 5.02 Å². The molecule has 2 saturated carbocycles. The monoisotopic (exact) mass is 292 g/mol. The van der Waals surface area contributed by atoms with E-state index in [1.807, 2.05) is 11.9 Å². The smallest absolute Gasteiger partial charge is 0.255 e. The quantitative estimate of drug-likeness (QED) is 0.868. The van der Waals surface area contributed by atoms with Crippen LogP contribution in [0.15, 0.2) is 18.2 Å². The van der Waals surface area contributed by atoms with Gasteiger partial charge < -0.3 is 10.6 Å². The first-order valence-corrected chi connectivity index (χ1v) is 7.73. The van der Waals surface area contributed by atoms with Gasteiger partial charge in [0, 0.05) is 24.3 Å². The van der Waals surface area contributed by atoms with Crippen LogP contribution >= 0.6 is 11.6 Å². The summed E-state index contributed by atoms with van der Waals surface area (Å²) in [6, 6.07) is 5.07. The number of hydrogen-bond acceptors (Lipinski definition) is 2. The molecule has 2 bridgehead atoms. The minimum atomic E-state index is -0.0206. The fourth-order valence-electron chi connectivity index (χ4n) is 3.95. The van der Waals surface area contributed by atoms with E-state index in [2.05, 4.69) is 0 Å². The number of carbonyl (C=O) groups excluding carboxylic acids is 1. The highest BCUT2D eigenvalue weighted by molar-refractivity contribution is 6.31. The van der Waals surface area contributed by atoms with Crippen molar-refractivity contribution in [3.05, 3.63) is 28.8 Å². The number of halogens is 1. The number of hydrogen-bond donors (Lipinski definition) is 1. The van der Waals surface area contributed by atoms with Crippen LogP contribution in [0.3, 0.4) is 0 Å². The van der Waals surface area contributed by atoms with Crippen LogP contribution in [0, 0.1) is 17.8 Å². The number of rotatable bonds is 3. The van der Waals surface area contributed by atoms with Gasteiger partial charge in [0.05, 0.1) is 5.56 Å². The normalized spacial score (nSPS) is 27.8. The van der Waals surface area contributed by atoms with E-state index >= 15 is 0 Å². The van der Waals surface area contributed by atoms with Gasteiger partial charge in [-0.1, -0.05) is 18.0 Å². The largest absolute Gasteiger partial charge is 0.398 e. The Morgan fingerprint density at radius 3 is 2.85 bits per heavy atom. The van der Waals surface area contributed by atoms with Crippen molar-refractivity contribution in [3.63, 3.8) is 0 Å². The lowest BCUT2D eigenvalue weighted by atomic mass is 9.88. The maximum atomic E-state index is 12.5. The van der Waals surface area contributed by atoms with Crippen molar-refractivity contribution < 1.29 is 4.79 Å². The first kappa shape index (κ1) is 13.7. The van der Waals surface area contributed by atoms with Gasteiger partial charge >= 0.3 is 0 Å². The van der Waals surface area contributed by atoms with E-state index in [4.69, 9.17) is 17.3 Å². The van der Waals surface area contributed by atoms with Crippen LogP contribution in [0.5, 0.6) is 0 Å². The number of amides is 1. The van der Waals surface area contributed by atoms with Crippen molar-refractivity contribution in [1.82, 2.24) is 4.90 Å². The van der Waals surface area contributed by atoms with Crippen molar-refractivity contribution in [2.45, 2.75) is 25.7 Å². The summed E-state index contributed by atoms with van der Waals surface area (Å²) in [4.78, 5) is 14.3. The number of nitrogens with two attached hydrogens (primary N) is 1. The molecule has 3 atom stereocenters. The molecule has 0 spiro atoms. The summed E-state index contributed by atoms with van der Waals surface area (Å²) in [6.07, 6.45) is 5.38. The predicted molar refractivity (Wildman–Crippen MR) is 81.8 cm³/mol. The van der Waals surface area contributed by atoms with Crippen LogP contribution < -0.4 is 5.73 Å². The summed E-state index contributed by atoms with van der Waals surface area (Å²) in [6.45, 7) is 0.839.